The first-order valence-electron chi connectivity index (χ1n) is 7.71. The SMILES string of the molecule is CC(C)(CC(=O)N1CCC(CSc2ccccc2)C1)C(F)(F)F. The molecule has 1 aliphatic rings. The van der Waals surface area contributed by atoms with Gasteiger partial charge in [-0.2, -0.15) is 13.2 Å². The van der Waals surface area contributed by atoms with Crippen LogP contribution in [0.2, 0.25) is 0 Å². The Kier molecular flexibility index (Phi) is 5.65. The second kappa shape index (κ2) is 7.16. The Hall–Kier alpha value is -1.17. The van der Waals surface area contributed by atoms with Crippen molar-refractivity contribution < 1.29 is 18.0 Å². The van der Waals surface area contributed by atoms with E-state index >= 15 is 0 Å². The zero-order valence-electron chi connectivity index (χ0n) is 13.4. The molecule has 1 aliphatic heterocycles. The van der Waals surface area contributed by atoms with Crippen LogP contribution in [0.1, 0.15) is 26.7 Å². The molecule has 0 aromatic heterocycles. The van der Waals surface area contributed by atoms with Gasteiger partial charge < -0.3 is 4.90 Å². The van der Waals surface area contributed by atoms with Crippen molar-refractivity contribution in [3.8, 4) is 0 Å². The van der Waals surface area contributed by atoms with Crippen molar-refractivity contribution in [2.24, 2.45) is 11.3 Å². The number of nitrogens with zero attached hydrogens (tertiary/aromatic N) is 1. The van der Waals surface area contributed by atoms with Gasteiger partial charge >= 0.3 is 6.18 Å². The summed E-state index contributed by atoms with van der Waals surface area (Å²) in [6, 6.07) is 9.99. The topological polar surface area (TPSA) is 20.3 Å². The third kappa shape index (κ3) is 4.90. The van der Waals surface area contributed by atoms with Crippen LogP contribution in [0.5, 0.6) is 0 Å². The molecule has 1 atom stereocenters. The van der Waals surface area contributed by atoms with Crippen LogP contribution in [0.15, 0.2) is 35.2 Å². The molecule has 6 heteroatoms. The van der Waals surface area contributed by atoms with Gasteiger partial charge in [0.25, 0.3) is 0 Å². The van der Waals surface area contributed by atoms with Crippen molar-refractivity contribution in [3.63, 3.8) is 0 Å². The van der Waals surface area contributed by atoms with E-state index in [-0.39, 0.29) is 5.91 Å². The Balaban J connectivity index is 1.81. The van der Waals surface area contributed by atoms with Gasteiger partial charge in [-0.1, -0.05) is 32.0 Å². The molecule has 128 valence electrons. The lowest BCUT2D eigenvalue weighted by molar-refractivity contribution is -0.215. The van der Waals surface area contributed by atoms with E-state index in [0.717, 1.165) is 26.0 Å². The van der Waals surface area contributed by atoms with Crippen LogP contribution >= 0.6 is 11.8 Å². The minimum atomic E-state index is -4.36. The first-order valence-corrected chi connectivity index (χ1v) is 8.70. The summed E-state index contributed by atoms with van der Waals surface area (Å²) in [6.07, 6.45) is -3.97. The molecule has 1 aromatic rings. The van der Waals surface area contributed by atoms with Crippen LogP contribution < -0.4 is 0 Å². The van der Waals surface area contributed by atoms with Gasteiger partial charge in [-0.15, -0.1) is 11.8 Å². The Bertz CT molecular complexity index is 530. The first kappa shape index (κ1) is 18.2. The van der Waals surface area contributed by atoms with Crippen molar-refractivity contribution in [2.45, 2.75) is 37.8 Å². The quantitative estimate of drug-likeness (QED) is 0.727. The van der Waals surface area contributed by atoms with Gasteiger partial charge in [0, 0.05) is 30.2 Å². The summed E-state index contributed by atoms with van der Waals surface area (Å²) in [5.74, 6) is 0.842. The van der Waals surface area contributed by atoms with Crippen molar-refractivity contribution in [1.82, 2.24) is 4.90 Å². The number of alkyl halides is 3. The number of amides is 1. The summed E-state index contributed by atoms with van der Waals surface area (Å²) in [4.78, 5) is 14.9. The maximum atomic E-state index is 12.9. The van der Waals surface area contributed by atoms with E-state index in [0.29, 0.717) is 19.0 Å². The minimum absolute atomic E-state index is 0.346. The minimum Gasteiger partial charge on any atom is -0.342 e. The fourth-order valence-electron chi connectivity index (χ4n) is 2.52. The molecule has 0 aliphatic carbocycles. The summed E-state index contributed by atoms with van der Waals surface area (Å²) < 4.78 is 38.7. The highest BCUT2D eigenvalue weighted by molar-refractivity contribution is 7.99. The molecule has 1 heterocycles. The van der Waals surface area contributed by atoms with Crippen LogP contribution in [0.25, 0.3) is 0 Å². The highest BCUT2D eigenvalue weighted by atomic mass is 32.2. The number of carbonyl (C=O) groups excluding carboxylic acids is 1. The van der Waals surface area contributed by atoms with Crippen LogP contribution in [0.3, 0.4) is 0 Å². The fraction of sp³-hybridized carbons (Fsp3) is 0.588. The molecule has 23 heavy (non-hydrogen) atoms. The van der Waals surface area contributed by atoms with E-state index in [1.54, 1.807) is 16.7 Å². The maximum absolute atomic E-state index is 12.9. The molecular formula is C17H22F3NOS. The van der Waals surface area contributed by atoms with Crippen LogP contribution in [-0.2, 0) is 4.79 Å². The largest absolute Gasteiger partial charge is 0.394 e. The molecule has 0 radical (unpaired) electrons. The molecule has 2 rings (SSSR count). The first-order chi connectivity index (χ1) is 10.7. The second-order valence-electron chi connectivity index (χ2n) is 6.68. The van der Waals surface area contributed by atoms with Crippen molar-refractivity contribution in [2.75, 3.05) is 18.8 Å². The average Bonchev–Trinajstić information content (AvgIpc) is 2.93. The molecule has 1 aromatic carbocycles. The van der Waals surface area contributed by atoms with E-state index in [2.05, 4.69) is 0 Å². The normalized spacial score (nSPS) is 19.2. The monoisotopic (exact) mass is 345 g/mol. The Morgan fingerprint density at radius 1 is 1.26 bits per heavy atom. The van der Waals surface area contributed by atoms with Crippen LogP contribution in [0.4, 0.5) is 13.2 Å². The van der Waals surface area contributed by atoms with E-state index in [1.165, 1.54) is 4.90 Å². The van der Waals surface area contributed by atoms with Crippen molar-refractivity contribution >= 4 is 17.7 Å². The number of carbonyl (C=O) groups is 1. The van der Waals surface area contributed by atoms with Crippen molar-refractivity contribution in [3.05, 3.63) is 30.3 Å². The summed E-state index contributed by atoms with van der Waals surface area (Å²) >= 11 is 1.73. The smallest absolute Gasteiger partial charge is 0.342 e. The summed E-state index contributed by atoms with van der Waals surface area (Å²) in [5, 5.41) is 0. The van der Waals surface area contributed by atoms with Gasteiger partial charge in [-0.25, -0.2) is 0 Å². The lowest BCUT2D eigenvalue weighted by atomic mass is 9.88. The van der Waals surface area contributed by atoms with E-state index in [1.807, 2.05) is 30.3 Å². The predicted octanol–water partition coefficient (Wildman–Crippen LogP) is 4.61. The molecular weight excluding hydrogens is 323 g/mol. The second-order valence-corrected chi connectivity index (χ2v) is 7.77. The van der Waals surface area contributed by atoms with E-state index in [4.69, 9.17) is 0 Å². The molecule has 1 saturated heterocycles. The number of rotatable bonds is 5. The Labute approximate surface area is 139 Å². The number of benzene rings is 1. The highest BCUT2D eigenvalue weighted by Crippen LogP contribution is 2.41. The zero-order valence-corrected chi connectivity index (χ0v) is 14.2. The number of hydrogen-bond acceptors (Lipinski definition) is 2. The standard InChI is InChI=1S/C17H22F3NOS/c1-16(2,17(18,19)20)10-15(22)21-9-8-13(11-21)12-23-14-6-4-3-5-7-14/h3-7,13H,8-12H2,1-2H3. The summed E-state index contributed by atoms with van der Waals surface area (Å²) in [7, 11) is 0. The summed E-state index contributed by atoms with van der Waals surface area (Å²) in [5.41, 5.74) is -1.97. The Morgan fingerprint density at radius 2 is 1.91 bits per heavy atom. The van der Waals surface area contributed by atoms with E-state index in [9.17, 15) is 18.0 Å². The zero-order chi connectivity index (χ0) is 17.1. The molecule has 1 fully saturated rings. The lowest BCUT2D eigenvalue weighted by Gasteiger charge is -2.29. The van der Waals surface area contributed by atoms with Gasteiger partial charge in [0.1, 0.15) is 0 Å². The average molecular weight is 345 g/mol. The molecule has 0 N–H and O–H groups in total. The molecule has 2 nitrogen and oxygen atoms in total. The Morgan fingerprint density at radius 3 is 2.52 bits per heavy atom. The number of thioether (sulfide) groups is 1. The molecule has 0 saturated carbocycles. The molecule has 1 unspecified atom stereocenters. The van der Waals surface area contributed by atoms with Crippen LogP contribution in [0, 0.1) is 11.3 Å². The number of hydrogen-bond donors (Lipinski definition) is 0. The van der Waals surface area contributed by atoms with Gasteiger partial charge in [0.05, 0.1) is 5.41 Å². The van der Waals surface area contributed by atoms with Gasteiger partial charge in [-0.3, -0.25) is 4.79 Å². The van der Waals surface area contributed by atoms with Gasteiger partial charge in [0.15, 0.2) is 0 Å². The fourth-order valence-corrected chi connectivity index (χ4v) is 3.57. The molecule has 0 bridgehead atoms. The third-order valence-electron chi connectivity index (χ3n) is 4.23. The van der Waals surface area contributed by atoms with Gasteiger partial charge in [-0.05, 0) is 24.5 Å². The third-order valence-corrected chi connectivity index (χ3v) is 5.47. The number of likely N-dealkylation sites (tertiary alicyclic amines) is 1. The summed E-state index contributed by atoms with van der Waals surface area (Å²) in [6.45, 7) is 3.30. The van der Waals surface area contributed by atoms with Crippen LogP contribution in [-0.4, -0.2) is 35.8 Å². The number of halogens is 3. The lowest BCUT2D eigenvalue weighted by Crippen LogP contribution is -2.39. The molecule has 1 amide bonds. The highest BCUT2D eigenvalue weighted by Gasteiger charge is 2.49. The predicted molar refractivity (Wildman–Crippen MR) is 86.3 cm³/mol. The van der Waals surface area contributed by atoms with Crippen molar-refractivity contribution in [1.29, 1.82) is 0 Å². The molecule has 0 spiro atoms. The van der Waals surface area contributed by atoms with Gasteiger partial charge in [0.2, 0.25) is 5.91 Å². The maximum Gasteiger partial charge on any atom is 0.394 e. The van der Waals surface area contributed by atoms with E-state index < -0.39 is 18.0 Å².